The van der Waals surface area contributed by atoms with Gasteiger partial charge in [-0.25, -0.2) is 4.39 Å². The maximum atomic E-state index is 13.2. The molecule has 0 fully saturated rings. The number of anilines is 1. The van der Waals surface area contributed by atoms with E-state index in [-0.39, 0.29) is 18.3 Å². The van der Waals surface area contributed by atoms with Crippen molar-refractivity contribution in [1.29, 1.82) is 0 Å². The van der Waals surface area contributed by atoms with Gasteiger partial charge in [-0.15, -0.1) is 0 Å². The normalized spacial score (nSPS) is 10.8. The van der Waals surface area contributed by atoms with E-state index in [0.29, 0.717) is 12.2 Å². The number of aryl methyl sites for hydroxylation is 2. The molecular weight excluding hydrogens is 291 g/mol. The minimum absolute atomic E-state index is 0.147. The van der Waals surface area contributed by atoms with E-state index in [1.54, 1.807) is 6.07 Å². The lowest BCUT2D eigenvalue weighted by atomic mass is 10.1. The van der Waals surface area contributed by atoms with Crippen LogP contribution < -0.4 is 5.32 Å². The van der Waals surface area contributed by atoms with Crippen LogP contribution in [0.15, 0.2) is 42.5 Å². The summed E-state index contributed by atoms with van der Waals surface area (Å²) < 4.78 is 13.2. The van der Waals surface area contributed by atoms with Crippen molar-refractivity contribution in [2.75, 3.05) is 18.9 Å². The number of carbonyl (C=O) groups is 1. The monoisotopic (exact) mass is 314 g/mol. The fraction of sp³-hybridized carbons (Fsp3) is 0.316. The highest BCUT2D eigenvalue weighted by atomic mass is 19.1. The van der Waals surface area contributed by atoms with Crippen LogP contribution in [0.4, 0.5) is 10.1 Å². The zero-order valence-corrected chi connectivity index (χ0v) is 13.9. The van der Waals surface area contributed by atoms with Crippen LogP contribution >= 0.6 is 0 Å². The van der Waals surface area contributed by atoms with E-state index in [1.165, 1.54) is 23.3 Å². The first-order chi connectivity index (χ1) is 11.0. The lowest BCUT2D eigenvalue weighted by Crippen LogP contribution is -2.30. The molecule has 1 N–H and O–H groups in total. The molecule has 0 aliphatic carbocycles. The quantitative estimate of drug-likeness (QED) is 0.880. The first-order valence-electron chi connectivity index (χ1n) is 7.80. The molecule has 0 saturated carbocycles. The third-order valence-electron chi connectivity index (χ3n) is 3.77. The number of carbonyl (C=O) groups excluding carboxylic acids is 1. The van der Waals surface area contributed by atoms with Gasteiger partial charge in [-0.1, -0.05) is 37.3 Å². The molecule has 0 aliphatic heterocycles. The molecule has 4 heteroatoms. The lowest BCUT2D eigenvalue weighted by Gasteiger charge is -2.17. The molecular formula is C19H23FN2O. The Labute approximate surface area is 137 Å². The molecule has 2 aromatic carbocycles. The van der Waals surface area contributed by atoms with E-state index in [4.69, 9.17) is 0 Å². The van der Waals surface area contributed by atoms with Gasteiger partial charge in [0.05, 0.1) is 6.54 Å². The molecule has 23 heavy (non-hydrogen) atoms. The minimum Gasteiger partial charge on any atom is -0.325 e. The highest BCUT2D eigenvalue weighted by molar-refractivity contribution is 5.92. The first kappa shape index (κ1) is 17.2. The molecule has 0 radical (unpaired) electrons. The Kier molecular flexibility index (Phi) is 5.88. The average molecular weight is 314 g/mol. The van der Waals surface area contributed by atoms with Crippen LogP contribution in [0.2, 0.25) is 0 Å². The average Bonchev–Trinajstić information content (AvgIpc) is 2.51. The maximum Gasteiger partial charge on any atom is 0.238 e. The van der Waals surface area contributed by atoms with Gasteiger partial charge in [-0.2, -0.15) is 0 Å². The highest BCUT2D eigenvalue weighted by Gasteiger charge is 2.09. The smallest absolute Gasteiger partial charge is 0.238 e. The molecule has 0 spiro atoms. The summed E-state index contributed by atoms with van der Waals surface area (Å²) in [5.74, 6) is -0.498. The first-order valence-corrected chi connectivity index (χ1v) is 7.80. The summed E-state index contributed by atoms with van der Waals surface area (Å²) in [6, 6.07) is 12.8. The summed E-state index contributed by atoms with van der Waals surface area (Å²) in [7, 11) is 1.89. The summed E-state index contributed by atoms with van der Waals surface area (Å²) in [5.41, 5.74) is 3.84. The number of likely N-dealkylation sites (N-methyl/N-ethyl adjacent to an activating group) is 1. The van der Waals surface area contributed by atoms with Crippen molar-refractivity contribution in [3.05, 3.63) is 65.0 Å². The van der Waals surface area contributed by atoms with Crippen LogP contribution in [0, 0.1) is 12.7 Å². The van der Waals surface area contributed by atoms with E-state index >= 15 is 0 Å². The summed E-state index contributed by atoms with van der Waals surface area (Å²) in [4.78, 5) is 14.0. The Bertz CT molecular complexity index is 668. The third-order valence-corrected chi connectivity index (χ3v) is 3.77. The summed E-state index contributed by atoms with van der Waals surface area (Å²) >= 11 is 0. The predicted molar refractivity (Wildman–Crippen MR) is 91.9 cm³/mol. The molecule has 3 nitrogen and oxygen atoms in total. The summed E-state index contributed by atoms with van der Waals surface area (Å²) in [6.45, 7) is 4.92. The van der Waals surface area contributed by atoms with Gasteiger partial charge in [-0.3, -0.25) is 9.69 Å². The molecule has 0 heterocycles. The maximum absolute atomic E-state index is 13.2. The Morgan fingerprint density at radius 1 is 1.13 bits per heavy atom. The fourth-order valence-corrected chi connectivity index (χ4v) is 2.41. The second-order valence-corrected chi connectivity index (χ2v) is 5.85. The third kappa shape index (κ3) is 5.18. The zero-order valence-electron chi connectivity index (χ0n) is 13.9. The molecule has 2 rings (SSSR count). The van der Waals surface area contributed by atoms with Crippen molar-refractivity contribution in [1.82, 2.24) is 4.90 Å². The van der Waals surface area contributed by atoms with Crippen LogP contribution in [0.25, 0.3) is 0 Å². The van der Waals surface area contributed by atoms with Crippen LogP contribution in [-0.2, 0) is 17.8 Å². The Morgan fingerprint density at radius 3 is 2.43 bits per heavy atom. The van der Waals surface area contributed by atoms with Gasteiger partial charge >= 0.3 is 0 Å². The second-order valence-electron chi connectivity index (χ2n) is 5.85. The molecule has 0 aliphatic rings. The zero-order chi connectivity index (χ0) is 16.8. The number of halogens is 1. The SMILES string of the molecule is CCc1ccc(CN(C)CC(=O)Nc2cc(F)ccc2C)cc1. The van der Waals surface area contributed by atoms with E-state index in [2.05, 4.69) is 36.5 Å². The molecule has 0 saturated heterocycles. The summed E-state index contributed by atoms with van der Waals surface area (Å²) in [6.07, 6.45) is 1.02. The van der Waals surface area contributed by atoms with Gasteiger partial charge in [0.1, 0.15) is 5.82 Å². The van der Waals surface area contributed by atoms with Crippen molar-refractivity contribution < 1.29 is 9.18 Å². The number of nitrogens with zero attached hydrogens (tertiary/aromatic N) is 1. The number of rotatable bonds is 6. The standard InChI is InChI=1S/C19H23FN2O/c1-4-15-6-8-16(9-7-15)12-22(3)13-19(23)21-18-11-17(20)10-5-14(18)2/h5-11H,4,12-13H2,1-3H3,(H,21,23). The van der Waals surface area contributed by atoms with Gasteiger partial charge < -0.3 is 5.32 Å². The number of hydrogen-bond acceptors (Lipinski definition) is 2. The second kappa shape index (κ2) is 7.88. The molecule has 0 aromatic heterocycles. The minimum atomic E-state index is -0.352. The fourth-order valence-electron chi connectivity index (χ4n) is 2.41. The molecule has 1 amide bonds. The number of nitrogens with one attached hydrogen (secondary N) is 1. The highest BCUT2D eigenvalue weighted by Crippen LogP contribution is 2.16. The van der Waals surface area contributed by atoms with Crippen molar-refractivity contribution >= 4 is 11.6 Å². The van der Waals surface area contributed by atoms with Crippen molar-refractivity contribution in [3.8, 4) is 0 Å². The largest absolute Gasteiger partial charge is 0.325 e. The van der Waals surface area contributed by atoms with Crippen molar-refractivity contribution in [2.45, 2.75) is 26.8 Å². The predicted octanol–water partition coefficient (Wildman–Crippen LogP) is 3.77. The van der Waals surface area contributed by atoms with Crippen LogP contribution in [0.3, 0.4) is 0 Å². The number of benzene rings is 2. The Morgan fingerprint density at radius 2 is 1.78 bits per heavy atom. The summed E-state index contributed by atoms with van der Waals surface area (Å²) in [5, 5.41) is 2.77. The van der Waals surface area contributed by atoms with Crippen LogP contribution in [0.1, 0.15) is 23.6 Å². The van der Waals surface area contributed by atoms with Gasteiger partial charge in [0.25, 0.3) is 0 Å². The molecule has 0 atom stereocenters. The lowest BCUT2D eigenvalue weighted by molar-refractivity contribution is -0.117. The van der Waals surface area contributed by atoms with Gasteiger partial charge in [0.2, 0.25) is 5.91 Å². The molecule has 122 valence electrons. The van der Waals surface area contributed by atoms with Gasteiger partial charge in [-0.05, 0) is 49.2 Å². The van der Waals surface area contributed by atoms with E-state index in [1.807, 2.05) is 18.9 Å². The van der Waals surface area contributed by atoms with E-state index < -0.39 is 0 Å². The Hall–Kier alpha value is -2.20. The molecule has 0 bridgehead atoms. The van der Waals surface area contributed by atoms with Crippen LogP contribution in [-0.4, -0.2) is 24.4 Å². The topological polar surface area (TPSA) is 32.3 Å². The van der Waals surface area contributed by atoms with Gasteiger partial charge in [0.15, 0.2) is 0 Å². The number of hydrogen-bond donors (Lipinski definition) is 1. The number of amides is 1. The van der Waals surface area contributed by atoms with Crippen molar-refractivity contribution in [2.24, 2.45) is 0 Å². The van der Waals surface area contributed by atoms with E-state index in [0.717, 1.165) is 12.0 Å². The van der Waals surface area contributed by atoms with E-state index in [9.17, 15) is 9.18 Å². The van der Waals surface area contributed by atoms with Crippen LogP contribution in [0.5, 0.6) is 0 Å². The molecule has 2 aromatic rings. The Balaban J connectivity index is 1.90. The van der Waals surface area contributed by atoms with Crippen molar-refractivity contribution in [3.63, 3.8) is 0 Å². The van der Waals surface area contributed by atoms with Gasteiger partial charge in [0, 0.05) is 12.2 Å². The molecule has 0 unspecified atom stereocenters.